The van der Waals surface area contributed by atoms with Gasteiger partial charge in [0, 0.05) is 11.5 Å². The zero-order valence-corrected chi connectivity index (χ0v) is 16.9. The minimum absolute atomic E-state index is 0.148. The number of hydrogen-bond acceptors (Lipinski definition) is 5. The first-order chi connectivity index (χ1) is 13.9. The number of rotatable bonds is 7. The first-order valence-electron chi connectivity index (χ1n) is 9.54. The molecule has 3 aromatic rings. The molecule has 0 fully saturated rings. The Balaban J connectivity index is 2.07. The van der Waals surface area contributed by atoms with E-state index in [-0.39, 0.29) is 29.0 Å². The van der Waals surface area contributed by atoms with E-state index < -0.39 is 5.97 Å². The van der Waals surface area contributed by atoms with Crippen molar-refractivity contribution < 1.29 is 19.2 Å². The third-order valence-electron chi connectivity index (χ3n) is 5.03. The Morgan fingerprint density at radius 1 is 1.17 bits per heavy atom. The highest BCUT2D eigenvalue weighted by Crippen LogP contribution is 2.34. The van der Waals surface area contributed by atoms with Crippen molar-refractivity contribution in [3.8, 4) is 16.9 Å². The van der Waals surface area contributed by atoms with Crippen LogP contribution in [0.3, 0.4) is 0 Å². The highest BCUT2D eigenvalue weighted by molar-refractivity contribution is 6.04. The van der Waals surface area contributed by atoms with E-state index in [0.717, 1.165) is 11.4 Å². The fourth-order valence-electron chi connectivity index (χ4n) is 3.42. The van der Waals surface area contributed by atoms with Gasteiger partial charge in [-0.1, -0.05) is 37.2 Å². The van der Waals surface area contributed by atoms with Crippen LogP contribution in [0.4, 0.5) is 5.88 Å². The van der Waals surface area contributed by atoms with Crippen LogP contribution in [0.1, 0.15) is 48.4 Å². The zero-order valence-electron chi connectivity index (χ0n) is 16.9. The van der Waals surface area contributed by atoms with E-state index in [1.165, 1.54) is 0 Å². The molecule has 2 aromatic heterocycles. The van der Waals surface area contributed by atoms with E-state index in [4.69, 9.17) is 4.52 Å². The van der Waals surface area contributed by atoms with Crippen molar-refractivity contribution in [2.75, 3.05) is 5.32 Å². The topological polar surface area (TPSA) is 110 Å². The number of aromatic carboxylic acids is 1. The predicted octanol–water partition coefficient (Wildman–Crippen LogP) is 4.22. The van der Waals surface area contributed by atoms with Gasteiger partial charge in [-0.05, 0) is 38.8 Å². The minimum Gasteiger partial charge on any atom is -0.477 e. The van der Waals surface area contributed by atoms with Crippen LogP contribution in [0.2, 0.25) is 0 Å². The summed E-state index contributed by atoms with van der Waals surface area (Å²) in [6.45, 7) is 7.43. The number of carbonyl (C=O) groups is 2. The smallest absolute Gasteiger partial charge is 0.343 e. The summed E-state index contributed by atoms with van der Waals surface area (Å²) in [6.07, 6.45) is 1.29. The second kappa shape index (κ2) is 8.30. The summed E-state index contributed by atoms with van der Waals surface area (Å²) in [4.78, 5) is 24.4. The average molecular weight is 396 g/mol. The molecule has 0 aliphatic carbocycles. The van der Waals surface area contributed by atoms with Crippen molar-refractivity contribution in [1.29, 1.82) is 0 Å². The summed E-state index contributed by atoms with van der Waals surface area (Å²) >= 11 is 0. The maximum Gasteiger partial charge on any atom is 0.343 e. The molecule has 0 bridgehead atoms. The lowest BCUT2D eigenvalue weighted by molar-refractivity contribution is -0.120. The fourth-order valence-corrected chi connectivity index (χ4v) is 3.42. The highest BCUT2D eigenvalue weighted by Gasteiger charge is 2.30. The van der Waals surface area contributed by atoms with Crippen molar-refractivity contribution >= 4 is 17.8 Å². The number of para-hydroxylation sites is 1. The molecule has 0 saturated heterocycles. The monoisotopic (exact) mass is 396 g/mol. The Hall–Kier alpha value is -3.42. The van der Waals surface area contributed by atoms with E-state index in [2.05, 4.69) is 15.6 Å². The second-order valence-corrected chi connectivity index (χ2v) is 6.84. The van der Waals surface area contributed by atoms with E-state index >= 15 is 0 Å². The average Bonchev–Trinajstić information content (AvgIpc) is 3.23. The lowest BCUT2D eigenvalue weighted by Gasteiger charge is -2.11. The Morgan fingerprint density at radius 3 is 2.41 bits per heavy atom. The number of anilines is 1. The summed E-state index contributed by atoms with van der Waals surface area (Å²) in [7, 11) is 0. The van der Waals surface area contributed by atoms with Crippen LogP contribution in [-0.4, -0.2) is 31.9 Å². The number of nitrogens with zero attached hydrogens (tertiary/aromatic N) is 3. The first-order valence-corrected chi connectivity index (χ1v) is 9.54. The van der Waals surface area contributed by atoms with Gasteiger partial charge in [-0.25, -0.2) is 9.48 Å². The lowest BCUT2D eigenvalue weighted by Crippen LogP contribution is -2.22. The number of aromatic nitrogens is 3. The fraction of sp³-hybridized carbons (Fsp3) is 0.333. The third kappa shape index (κ3) is 3.78. The lowest BCUT2D eigenvalue weighted by atomic mass is 10.0. The van der Waals surface area contributed by atoms with Gasteiger partial charge in [0.2, 0.25) is 11.8 Å². The van der Waals surface area contributed by atoms with Gasteiger partial charge in [0.25, 0.3) is 0 Å². The molecule has 8 nitrogen and oxygen atoms in total. The van der Waals surface area contributed by atoms with E-state index in [0.29, 0.717) is 24.1 Å². The van der Waals surface area contributed by atoms with Crippen LogP contribution in [0.5, 0.6) is 0 Å². The number of carboxylic acid groups (broad SMARTS) is 1. The standard InChI is InChI=1S/C21H24N4O4/c1-5-14(6-2)19(26)22-20-17(21(27)28)18(24-29-20)16-12(3)23-25(13(16)4)15-10-8-7-9-11-15/h7-11,14H,5-6H2,1-4H3,(H,22,26)(H,27,28). The second-order valence-electron chi connectivity index (χ2n) is 6.84. The van der Waals surface area contributed by atoms with Crippen molar-refractivity contribution in [1.82, 2.24) is 14.9 Å². The largest absolute Gasteiger partial charge is 0.477 e. The molecule has 0 atom stereocenters. The van der Waals surface area contributed by atoms with Crippen molar-refractivity contribution in [3.63, 3.8) is 0 Å². The Kier molecular flexibility index (Phi) is 5.81. The summed E-state index contributed by atoms with van der Waals surface area (Å²) < 4.78 is 6.98. The molecule has 0 unspecified atom stereocenters. The van der Waals surface area contributed by atoms with Gasteiger partial charge in [0.05, 0.1) is 17.1 Å². The molecule has 0 aliphatic rings. The molecule has 1 aromatic carbocycles. The molecule has 0 spiro atoms. The van der Waals surface area contributed by atoms with Gasteiger partial charge in [0.1, 0.15) is 5.69 Å². The molecule has 0 radical (unpaired) electrons. The van der Waals surface area contributed by atoms with Crippen LogP contribution in [-0.2, 0) is 4.79 Å². The molecule has 152 valence electrons. The summed E-state index contributed by atoms with van der Waals surface area (Å²) in [5.74, 6) is -1.90. The molecule has 29 heavy (non-hydrogen) atoms. The van der Waals surface area contributed by atoms with Crippen LogP contribution in [0.25, 0.3) is 16.9 Å². The molecule has 2 N–H and O–H groups in total. The van der Waals surface area contributed by atoms with E-state index in [9.17, 15) is 14.7 Å². The number of nitrogens with one attached hydrogen (secondary N) is 1. The molecule has 8 heteroatoms. The summed E-state index contributed by atoms with van der Waals surface area (Å²) in [6, 6.07) is 9.52. The maximum absolute atomic E-state index is 12.4. The van der Waals surface area contributed by atoms with Crippen LogP contribution < -0.4 is 5.32 Å². The first kappa shape index (κ1) is 20.3. The zero-order chi connectivity index (χ0) is 21.1. The quantitative estimate of drug-likeness (QED) is 0.619. The van der Waals surface area contributed by atoms with E-state index in [1.54, 1.807) is 11.6 Å². The number of hydrogen-bond donors (Lipinski definition) is 2. The maximum atomic E-state index is 12.4. The van der Waals surface area contributed by atoms with E-state index in [1.807, 2.05) is 51.1 Å². The number of carbonyl (C=O) groups excluding carboxylic acids is 1. The number of carboxylic acids is 1. The Labute approximate surface area is 168 Å². The number of aryl methyl sites for hydroxylation is 1. The molecule has 3 rings (SSSR count). The molecule has 2 heterocycles. The van der Waals surface area contributed by atoms with Crippen LogP contribution in [0.15, 0.2) is 34.9 Å². The molecule has 0 saturated carbocycles. The van der Waals surface area contributed by atoms with Gasteiger partial charge in [-0.3, -0.25) is 10.1 Å². The van der Waals surface area contributed by atoms with Crippen molar-refractivity contribution in [2.24, 2.45) is 5.92 Å². The van der Waals surface area contributed by atoms with Gasteiger partial charge in [-0.15, -0.1) is 0 Å². The Bertz CT molecular complexity index is 1030. The third-order valence-corrected chi connectivity index (χ3v) is 5.03. The Morgan fingerprint density at radius 2 is 1.83 bits per heavy atom. The number of amides is 1. The molecular formula is C21H24N4O4. The SMILES string of the molecule is CCC(CC)C(=O)Nc1onc(-c2c(C)nn(-c3ccccc3)c2C)c1C(=O)O. The number of benzene rings is 1. The van der Waals surface area contributed by atoms with Gasteiger partial charge >= 0.3 is 5.97 Å². The van der Waals surface area contributed by atoms with Crippen LogP contribution >= 0.6 is 0 Å². The predicted molar refractivity (Wildman–Crippen MR) is 108 cm³/mol. The highest BCUT2D eigenvalue weighted by atomic mass is 16.5. The van der Waals surface area contributed by atoms with Gasteiger partial charge in [0.15, 0.2) is 5.56 Å². The normalized spacial score (nSPS) is 11.1. The molecule has 1 amide bonds. The van der Waals surface area contributed by atoms with Crippen LogP contribution in [0, 0.1) is 19.8 Å². The van der Waals surface area contributed by atoms with Gasteiger partial charge < -0.3 is 9.63 Å². The summed E-state index contributed by atoms with van der Waals surface area (Å²) in [5.41, 5.74) is 2.72. The van der Waals surface area contributed by atoms with Crippen molar-refractivity contribution in [2.45, 2.75) is 40.5 Å². The summed E-state index contributed by atoms with van der Waals surface area (Å²) in [5, 5.41) is 20.9. The molecule has 0 aliphatic heterocycles. The minimum atomic E-state index is -1.23. The van der Waals surface area contributed by atoms with Crippen molar-refractivity contribution in [3.05, 3.63) is 47.3 Å². The molecular weight excluding hydrogens is 372 g/mol. The van der Waals surface area contributed by atoms with Gasteiger partial charge in [-0.2, -0.15) is 5.10 Å².